The molecular weight excluding hydrogens is 300 g/mol. The third-order valence-electron chi connectivity index (χ3n) is 4.22. The molecule has 1 atom stereocenters. The van der Waals surface area contributed by atoms with Gasteiger partial charge in [-0.05, 0) is 24.1 Å². The molecule has 1 aromatic heterocycles. The van der Waals surface area contributed by atoms with Gasteiger partial charge in [-0.2, -0.15) is 0 Å². The predicted molar refractivity (Wildman–Crippen MR) is 87.7 cm³/mol. The van der Waals surface area contributed by atoms with Gasteiger partial charge >= 0.3 is 5.97 Å². The van der Waals surface area contributed by atoms with E-state index in [9.17, 15) is 4.79 Å². The summed E-state index contributed by atoms with van der Waals surface area (Å²) in [6, 6.07) is 1.69. The fraction of sp³-hybridized carbons (Fsp3) is 0.176. The molecule has 112 valence electrons. The van der Waals surface area contributed by atoms with Crippen molar-refractivity contribution in [2.24, 2.45) is 5.92 Å². The Bertz CT molecular complexity index is 775. The van der Waals surface area contributed by atoms with Crippen molar-refractivity contribution in [3.05, 3.63) is 64.7 Å². The molecule has 2 N–H and O–H groups in total. The van der Waals surface area contributed by atoms with E-state index in [0.717, 1.165) is 29.8 Å². The summed E-state index contributed by atoms with van der Waals surface area (Å²) in [5.74, 6) is -0.544. The van der Waals surface area contributed by atoms with E-state index in [2.05, 4.69) is 28.5 Å². The zero-order valence-corrected chi connectivity index (χ0v) is 12.6. The Kier molecular flexibility index (Phi) is 3.62. The van der Waals surface area contributed by atoms with Gasteiger partial charge in [-0.3, -0.25) is 4.98 Å². The first-order chi connectivity index (χ1) is 10.2. The van der Waals surface area contributed by atoms with Gasteiger partial charge in [-0.25, -0.2) is 4.79 Å². The molecule has 0 bridgehead atoms. The fourth-order valence-electron chi connectivity index (χ4n) is 3.22. The molecule has 1 aromatic rings. The molecule has 3 aliphatic rings. The van der Waals surface area contributed by atoms with Gasteiger partial charge in [0.05, 0.1) is 11.3 Å². The molecule has 0 spiro atoms. The van der Waals surface area contributed by atoms with Crippen LogP contribution in [0.25, 0.3) is 11.6 Å². The molecular formula is C17H15ClN2O2. The van der Waals surface area contributed by atoms with Crippen LogP contribution in [0.15, 0.2) is 47.8 Å². The quantitative estimate of drug-likeness (QED) is 0.836. The summed E-state index contributed by atoms with van der Waals surface area (Å²) in [6.07, 6.45) is 12.8. The fourth-order valence-corrected chi connectivity index (χ4v) is 3.22. The van der Waals surface area contributed by atoms with Crippen molar-refractivity contribution in [2.75, 3.05) is 6.54 Å². The van der Waals surface area contributed by atoms with Crippen LogP contribution in [0, 0.1) is 5.92 Å². The van der Waals surface area contributed by atoms with Crippen LogP contribution < -0.4 is 5.32 Å². The number of halogens is 1. The number of nitrogens with one attached hydrogen (secondary N) is 1. The molecule has 5 heteroatoms. The summed E-state index contributed by atoms with van der Waals surface area (Å²) in [7, 11) is 0. The number of rotatable bonds is 1. The van der Waals surface area contributed by atoms with Gasteiger partial charge in [-0.15, -0.1) is 12.4 Å². The maximum atomic E-state index is 11.1. The average molecular weight is 315 g/mol. The summed E-state index contributed by atoms with van der Waals surface area (Å²) in [6.45, 7) is 0.997. The molecule has 1 saturated heterocycles. The second-order valence-electron chi connectivity index (χ2n) is 5.42. The lowest BCUT2D eigenvalue weighted by Crippen LogP contribution is -2.13. The Morgan fingerprint density at radius 1 is 1.32 bits per heavy atom. The van der Waals surface area contributed by atoms with Gasteiger partial charge in [0.2, 0.25) is 0 Å². The van der Waals surface area contributed by atoms with Crippen LogP contribution >= 0.6 is 12.4 Å². The molecule has 1 unspecified atom stereocenters. The number of aromatic carboxylic acids is 1. The number of hydrogen-bond acceptors (Lipinski definition) is 3. The minimum atomic E-state index is -0.948. The molecule has 22 heavy (non-hydrogen) atoms. The summed E-state index contributed by atoms with van der Waals surface area (Å²) < 4.78 is 0. The zero-order chi connectivity index (χ0) is 14.4. The summed E-state index contributed by atoms with van der Waals surface area (Å²) >= 11 is 0. The maximum Gasteiger partial charge on any atom is 0.337 e. The van der Waals surface area contributed by atoms with Crippen LogP contribution in [0.4, 0.5) is 0 Å². The highest BCUT2D eigenvalue weighted by Crippen LogP contribution is 2.41. The van der Waals surface area contributed by atoms with Crippen LogP contribution in [0.3, 0.4) is 0 Å². The normalized spacial score (nSPS) is 20.9. The van der Waals surface area contributed by atoms with Gasteiger partial charge in [-0.1, -0.05) is 24.3 Å². The average Bonchev–Trinajstić information content (AvgIpc) is 2.88. The van der Waals surface area contributed by atoms with E-state index in [0.29, 0.717) is 5.92 Å². The van der Waals surface area contributed by atoms with E-state index in [1.54, 1.807) is 6.07 Å². The van der Waals surface area contributed by atoms with Crippen LogP contribution in [-0.2, 0) is 0 Å². The van der Waals surface area contributed by atoms with Crippen molar-refractivity contribution in [1.29, 1.82) is 0 Å². The minimum absolute atomic E-state index is 0. The van der Waals surface area contributed by atoms with Crippen LogP contribution in [-0.4, -0.2) is 22.6 Å². The van der Waals surface area contributed by atoms with Crippen molar-refractivity contribution in [2.45, 2.75) is 6.42 Å². The number of carboxylic acid groups (broad SMARTS) is 1. The Morgan fingerprint density at radius 2 is 2.18 bits per heavy atom. The standard InChI is InChI=1S/C17H14N2O2.ClH/c20-17(21)11-8-10-2-1-3-12-13-6-7-18-15(13)5-4-14(12)16(10)19-9-11;/h1-5,8-9,13,18H,6-7H2,(H,20,21);1H. The molecule has 2 heterocycles. The van der Waals surface area contributed by atoms with E-state index in [1.165, 1.54) is 17.5 Å². The van der Waals surface area contributed by atoms with Gasteiger partial charge in [0, 0.05) is 35.5 Å². The molecule has 1 fully saturated rings. The predicted octanol–water partition coefficient (Wildman–Crippen LogP) is 3.05. The number of carbonyl (C=O) groups is 1. The highest BCUT2D eigenvalue weighted by molar-refractivity contribution is 5.92. The van der Waals surface area contributed by atoms with Crippen molar-refractivity contribution in [3.8, 4) is 0 Å². The van der Waals surface area contributed by atoms with E-state index in [1.807, 2.05) is 12.2 Å². The Balaban J connectivity index is 0.00000144. The van der Waals surface area contributed by atoms with Gasteiger partial charge in [0.15, 0.2) is 0 Å². The number of hydrogen-bond donors (Lipinski definition) is 2. The number of pyridine rings is 1. The number of carboxylic acids is 1. The Morgan fingerprint density at radius 3 is 3.00 bits per heavy atom. The molecule has 4 nitrogen and oxygen atoms in total. The third-order valence-corrected chi connectivity index (χ3v) is 4.22. The first-order valence-corrected chi connectivity index (χ1v) is 7.02. The largest absolute Gasteiger partial charge is 0.478 e. The minimum Gasteiger partial charge on any atom is -0.478 e. The lowest BCUT2D eigenvalue weighted by Gasteiger charge is -2.22. The van der Waals surface area contributed by atoms with E-state index >= 15 is 0 Å². The molecule has 1 aliphatic heterocycles. The van der Waals surface area contributed by atoms with Gasteiger partial charge in [0.25, 0.3) is 0 Å². The third kappa shape index (κ3) is 2.16. The molecule has 2 aliphatic carbocycles. The first kappa shape index (κ1) is 14.6. The molecule has 0 aromatic carbocycles. The van der Waals surface area contributed by atoms with Crippen LogP contribution in [0.5, 0.6) is 0 Å². The van der Waals surface area contributed by atoms with Crippen molar-refractivity contribution in [1.82, 2.24) is 10.3 Å². The SMILES string of the molecule is Cl.O=C(O)c1cnc2c(c1)C=CC=C1C2=CC=C2NCCC21. The summed E-state index contributed by atoms with van der Waals surface area (Å²) in [4.78, 5) is 15.5. The lowest BCUT2D eigenvalue weighted by molar-refractivity contribution is 0.0696. The monoisotopic (exact) mass is 314 g/mol. The molecule has 4 rings (SSSR count). The van der Waals surface area contributed by atoms with Crippen LogP contribution in [0.2, 0.25) is 0 Å². The van der Waals surface area contributed by atoms with Crippen molar-refractivity contribution in [3.63, 3.8) is 0 Å². The zero-order valence-electron chi connectivity index (χ0n) is 11.7. The highest BCUT2D eigenvalue weighted by Gasteiger charge is 2.30. The number of fused-ring (bicyclic) bond motifs is 5. The maximum absolute atomic E-state index is 11.1. The van der Waals surface area contributed by atoms with E-state index < -0.39 is 5.97 Å². The van der Waals surface area contributed by atoms with E-state index in [-0.39, 0.29) is 18.0 Å². The number of aromatic nitrogens is 1. The molecule has 0 radical (unpaired) electrons. The second-order valence-corrected chi connectivity index (χ2v) is 5.42. The Hall–Kier alpha value is -2.33. The Labute approximate surface area is 134 Å². The van der Waals surface area contributed by atoms with Gasteiger partial charge in [0.1, 0.15) is 0 Å². The van der Waals surface area contributed by atoms with Crippen molar-refractivity contribution < 1.29 is 9.90 Å². The molecule has 0 amide bonds. The van der Waals surface area contributed by atoms with Gasteiger partial charge < -0.3 is 10.4 Å². The topological polar surface area (TPSA) is 62.2 Å². The second kappa shape index (κ2) is 5.46. The highest BCUT2D eigenvalue weighted by atomic mass is 35.5. The van der Waals surface area contributed by atoms with Crippen molar-refractivity contribution >= 4 is 30.0 Å². The molecule has 0 saturated carbocycles. The smallest absolute Gasteiger partial charge is 0.337 e. The van der Waals surface area contributed by atoms with E-state index in [4.69, 9.17) is 5.11 Å². The lowest BCUT2D eigenvalue weighted by atomic mass is 9.83. The number of allylic oxidation sites excluding steroid dienone is 6. The number of nitrogens with zero attached hydrogens (tertiary/aromatic N) is 1. The summed E-state index contributed by atoms with van der Waals surface area (Å²) in [5.41, 5.74) is 5.57. The summed E-state index contributed by atoms with van der Waals surface area (Å²) in [5, 5.41) is 12.5. The first-order valence-electron chi connectivity index (χ1n) is 7.02. The van der Waals surface area contributed by atoms with Crippen LogP contribution in [0.1, 0.15) is 28.0 Å².